The summed E-state index contributed by atoms with van der Waals surface area (Å²) in [5, 5.41) is 11.6. The maximum atomic E-state index is 11.8. The summed E-state index contributed by atoms with van der Waals surface area (Å²) in [6, 6.07) is 0.246. The molecule has 19 heavy (non-hydrogen) atoms. The molecule has 1 unspecified atom stereocenters. The Hall–Kier alpha value is -1.43. The summed E-state index contributed by atoms with van der Waals surface area (Å²) < 4.78 is 6.73. The van der Waals surface area contributed by atoms with Crippen molar-refractivity contribution in [2.45, 2.75) is 45.1 Å². The van der Waals surface area contributed by atoms with Crippen LogP contribution in [0.4, 0.5) is 0 Å². The average molecular weight is 266 g/mol. The zero-order valence-corrected chi connectivity index (χ0v) is 11.8. The van der Waals surface area contributed by atoms with Crippen molar-refractivity contribution in [2.75, 3.05) is 20.2 Å². The second kappa shape index (κ2) is 6.14. The SMILES string of the molecule is CCC(C)n1nnc(C(=O)OC)c1C1CCNCC1. The number of hydrogen-bond acceptors (Lipinski definition) is 5. The van der Waals surface area contributed by atoms with Crippen LogP contribution in [0.2, 0.25) is 0 Å². The summed E-state index contributed by atoms with van der Waals surface area (Å²) in [7, 11) is 1.39. The van der Waals surface area contributed by atoms with E-state index in [-0.39, 0.29) is 12.0 Å². The van der Waals surface area contributed by atoms with Gasteiger partial charge in [0.2, 0.25) is 0 Å². The van der Waals surface area contributed by atoms with E-state index in [0.29, 0.717) is 11.6 Å². The van der Waals surface area contributed by atoms with Gasteiger partial charge in [-0.3, -0.25) is 0 Å². The molecule has 106 valence electrons. The molecule has 0 aromatic carbocycles. The summed E-state index contributed by atoms with van der Waals surface area (Å²) in [6.45, 7) is 6.14. The second-order valence-electron chi connectivity index (χ2n) is 5.04. The minimum atomic E-state index is -0.386. The summed E-state index contributed by atoms with van der Waals surface area (Å²) in [5.74, 6) is -0.0533. The Morgan fingerprint density at radius 1 is 1.53 bits per heavy atom. The lowest BCUT2D eigenvalue weighted by Gasteiger charge is -2.25. The van der Waals surface area contributed by atoms with E-state index in [4.69, 9.17) is 4.74 Å². The highest BCUT2D eigenvalue weighted by atomic mass is 16.5. The number of aromatic nitrogens is 3. The Labute approximate surface area is 113 Å². The molecule has 1 fully saturated rings. The van der Waals surface area contributed by atoms with Gasteiger partial charge in [-0.1, -0.05) is 12.1 Å². The van der Waals surface area contributed by atoms with E-state index >= 15 is 0 Å². The van der Waals surface area contributed by atoms with Gasteiger partial charge in [0.05, 0.1) is 18.8 Å². The summed E-state index contributed by atoms with van der Waals surface area (Å²) in [5.41, 5.74) is 1.33. The van der Waals surface area contributed by atoms with Crippen molar-refractivity contribution in [1.82, 2.24) is 20.3 Å². The third-order valence-electron chi connectivity index (χ3n) is 3.84. The highest BCUT2D eigenvalue weighted by molar-refractivity contribution is 5.88. The summed E-state index contributed by atoms with van der Waals surface area (Å²) in [6.07, 6.45) is 2.98. The predicted octanol–water partition coefficient (Wildman–Crippen LogP) is 1.50. The Bertz CT molecular complexity index is 438. The van der Waals surface area contributed by atoms with Crippen LogP contribution >= 0.6 is 0 Å². The number of carbonyl (C=O) groups is 1. The molecule has 1 aliphatic rings. The van der Waals surface area contributed by atoms with Crippen LogP contribution in [0.15, 0.2) is 0 Å². The average Bonchev–Trinajstić information content (AvgIpc) is 2.91. The Kier molecular flexibility index (Phi) is 4.52. The zero-order valence-electron chi connectivity index (χ0n) is 11.8. The van der Waals surface area contributed by atoms with Gasteiger partial charge in [0.25, 0.3) is 0 Å². The monoisotopic (exact) mass is 266 g/mol. The number of hydrogen-bond donors (Lipinski definition) is 1. The highest BCUT2D eigenvalue weighted by Gasteiger charge is 2.29. The van der Waals surface area contributed by atoms with Crippen LogP contribution in [0.25, 0.3) is 0 Å². The molecule has 1 atom stereocenters. The van der Waals surface area contributed by atoms with Gasteiger partial charge in [-0.05, 0) is 39.3 Å². The Morgan fingerprint density at radius 2 is 2.21 bits per heavy atom. The zero-order chi connectivity index (χ0) is 13.8. The lowest BCUT2D eigenvalue weighted by atomic mass is 9.92. The first-order valence-electron chi connectivity index (χ1n) is 6.93. The number of nitrogens with one attached hydrogen (secondary N) is 1. The van der Waals surface area contributed by atoms with Gasteiger partial charge >= 0.3 is 5.97 Å². The molecule has 6 nitrogen and oxygen atoms in total. The van der Waals surface area contributed by atoms with Gasteiger partial charge in [0.1, 0.15) is 0 Å². The molecule has 2 heterocycles. The van der Waals surface area contributed by atoms with E-state index in [9.17, 15) is 4.79 Å². The van der Waals surface area contributed by atoms with Crippen molar-refractivity contribution in [1.29, 1.82) is 0 Å². The van der Waals surface area contributed by atoms with Crippen LogP contribution < -0.4 is 5.32 Å². The lowest BCUT2D eigenvalue weighted by Crippen LogP contribution is -2.29. The molecule has 0 saturated carbocycles. The fraction of sp³-hybridized carbons (Fsp3) is 0.769. The maximum absolute atomic E-state index is 11.8. The second-order valence-corrected chi connectivity index (χ2v) is 5.04. The minimum absolute atomic E-state index is 0.246. The van der Waals surface area contributed by atoms with Gasteiger partial charge in [-0.2, -0.15) is 0 Å². The molecule has 2 rings (SSSR count). The van der Waals surface area contributed by atoms with Gasteiger partial charge in [-0.25, -0.2) is 9.48 Å². The predicted molar refractivity (Wildman–Crippen MR) is 71.2 cm³/mol. The molecule has 0 bridgehead atoms. The van der Waals surface area contributed by atoms with Crippen LogP contribution in [0.5, 0.6) is 0 Å². The van der Waals surface area contributed by atoms with E-state index in [0.717, 1.165) is 38.0 Å². The van der Waals surface area contributed by atoms with E-state index in [2.05, 4.69) is 29.5 Å². The molecule has 0 amide bonds. The quantitative estimate of drug-likeness (QED) is 0.836. The van der Waals surface area contributed by atoms with Crippen molar-refractivity contribution < 1.29 is 9.53 Å². The fourth-order valence-corrected chi connectivity index (χ4v) is 2.52. The number of methoxy groups -OCH3 is 1. The number of carbonyl (C=O) groups excluding carboxylic acids is 1. The van der Waals surface area contributed by atoms with Gasteiger partial charge < -0.3 is 10.1 Å². The Balaban J connectivity index is 2.39. The molecule has 1 aromatic heterocycles. The van der Waals surface area contributed by atoms with Crippen molar-refractivity contribution in [3.63, 3.8) is 0 Å². The molecule has 1 aromatic rings. The third kappa shape index (κ3) is 2.78. The van der Waals surface area contributed by atoms with Gasteiger partial charge in [-0.15, -0.1) is 5.10 Å². The standard InChI is InChI=1S/C13H22N4O2/c1-4-9(2)17-12(10-5-7-14-8-6-10)11(15-16-17)13(18)19-3/h9-10,14H,4-8H2,1-3H3. The molecule has 1 saturated heterocycles. The first-order chi connectivity index (χ1) is 9.19. The number of piperidine rings is 1. The first kappa shape index (κ1) is 14.0. The van der Waals surface area contributed by atoms with Crippen LogP contribution in [0.1, 0.15) is 61.3 Å². The van der Waals surface area contributed by atoms with E-state index < -0.39 is 0 Å². The first-order valence-corrected chi connectivity index (χ1v) is 6.93. The van der Waals surface area contributed by atoms with E-state index in [1.165, 1.54) is 7.11 Å². The maximum Gasteiger partial charge on any atom is 0.360 e. The van der Waals surface area contributed by atoms with Crippen LogP contribution in [-0.4, -0.2) is 41.2 Å². The smallest absolute Gasteiger partial charge is 0.360 e. The van der Waals surface area contributed by atoms with Gasteiger partial charge in [0.15, 0.2) is 5.69 Å². The number of nitrogens with zero attached hydrogens (tertiary/aromatic N) is 3. The lowest BCUT2D eigenvalue weighted by molar-refractivity contribution is 0.0591. The number of ether oxygens (including phenoxy) is 1. The minimum Gasteiger partial charge on any atom is -0.464 e. The fourth-order valence-electron chi connectivity index (χ4n) is 2.52. The molecule has 6 heteroatoms. The van der Waals surface area contributed by atoms with Crippen LogP contribution in [0.3, 0.4) is 0 Å². The third-order valence-corrected chi connectivity index (χ3v) is 3.84. The number of esters is 1. The van der Waals surface area contributed by atoms with Gasteiger partial charge in [0, 0.05) is 5.92 Å². The topological polar surface area (TPSA) is 69.0 Å². The number of rotatable bonds is 4. The van der Waals surface area contributed by atoms with Crippen molar-refractivity contribution in [3.05, 3.63) is 11.4 Å². The summed E-state index contributed by atoms with van der Waals surface area (Å²) in [4.78, 5) is 11.8. The van der Waals surface area contributed by atoms with Crippen molar-refractivity contribution >= 4 is 5.97 Å². The molecule has 0 aliphatic carbocycles. The summed E-state index contributed by atoms with van der Waals surface area (Å²) >= 11 is 0. The highest BCUT2D eigenvalue weighted by Crippen LogP contribution is 2.29. The molecule has 1 N–H and O–H groups in total. The largest absolute Gasteiger partial charge is 0.464 e. The molecule has 0 spiro atoms. The Morgan fingerprint density at radius 3 is 2.79 bits per heavy atom. The molecular formula is C13H22N4O2. The normalized spacial score (nSPS) is 18.3. The van der Waals surface area contributed by atoms with Crippen LogP contribution in [0, 0.1) is 0 Å². The van der Waals surface area contributed by atoms with Crippen LogP contribution in [-0.2, 0) is 4.74 Å². The van der Waals surface area contributed by atoms with E-state index in [1.807, 2.05) is 4.68 Å². The van der Waals surface area contributed by atoms with E-state index in [1.54, 1.807) is 0 Å². The van der Waals surface area contributed by atoms with Crippen molar-refractivity contribution in [2.24, 2.45) is 0 Å². The molecule has 0 radical (unpaired) electrons. The molecule has 1 aliphatic heterocycles. The molecular weight excluding hydrogens is 244 g/mol. The van der Waals surface area contributed by atoms with Crippen molar-refractivity contribution in [3.8, 4) is 0 Å².